The van der Waals surface area contributed by atoms with Gasteiger partial charge in [-0.2, -0.15) is 0 Å². The van der Waals surface area contributed by atoms with E-state index < -0.39 is 0 Å². The lowest BCUT2D eigenvalue weighted by Gasteiger charge is -2.16. The first-order valence-corrected chi connectivity index (χ1v) is 18.6. The standard InChI is InChI=1S/C50H34N2S/c51-50(36-19-8-3-9-20-36)52-46(30-27-34-15-4-1-5-16-34)39-32-37(41-29-28-40(35-17-6-2-7-18-35)43-21-10-11-22-44(41)43)31-38(33-39)42-24-14-26-48-49(42)45-23-12-13-25-47(45)53-48/h1-33,51H/b30-27+,51-50?,52-46?. The van der Waals surface area contributed by atoms with Gasteiger partial charge in [-0.25, -0.2) is 4.99 Å². The van der Waals surface area contributed by atoms with Crippen LogP contribution in [0.5, 0.6) is 0 Å². The zero-order chi connectivity index (χ0) is 35.6. The van der Waals surface area contributed by atoms with E-state index >= 15 is 0 Å². The second-order valence-electron chi connectivity index (χ2n) is 13.1. The highest BCUT2D eigenvalue weighted by molar-refractivity contribution is 7.25. The van der Waals surface area contributed by atoms with Gasteiger partial charge in [0.25, 0.3) is 0 Å². The summed E-state index contributed by atoms with van der Waals surface area (Å²) in [6, 6.07) is 66.0. The molecule has 0 saturated carbocycles. The van der Waals surface area contributed by atoms with Crippen LogP contribution in [0.2, 0.25) is 0 Å². The predicted octanol–water partition coefficient (Wildman–Crippen LogP) is 13.7. The van der Waals surface area contributed by atoms with Crippen molar-refractivity contribution < 1.29 is 0 Å². The van der Waals surface area contributed by atoms with E-state index in [0.29, 0.717) is 0 Å². The number of nitrogens with zero attached hydrogens (tertiary/aromatic N) is 1. The number of aliphatic imine (C=N–C) groups is 1. The second-order valence-corrected chi connectivity index (χ2v) is 14.2. The van der Waals surface area contributed by atoms with Gasteiger partial charge in [0.05, 0.1) is 5.71 Å². The summed E-state index contributed by atoms with van der Waals surface area (Å²) >= 11 is 1.83. The Labute approximate surface area is 313 Å². The molecule has 3 heteroatoms. The Hall–Kier alpha value is -6.68. The Kier molecular flexibility index (Phi) is 8.61. The highest BCUT2D eigenvalue weighted by Crippen LogP contribution is 2.42. The number of thiophene rings is 1. The summed E-state index contributed by atoms with van der Waals surface area (Å²) in [5.41, 5.74) is 10.4. The molecular formula is C50H34N2S. The van der Waals surface area contributed by atoms with Crippen LogP contribution in [0.3, 0.4) is 0 Å². The van der Waals surface area contributed by atoms with E-state index in [0.717, 1.165) is 39.1 Å². The number of fused-ring (bicyclic) bond motifs is 4. The van der Waals surface area contributed by atoms with Gasteiger partial charge in [0, 0.05) is 31.3 Å². The fraction of sp³-hybridized carbons (Fsp3) is 0. The summed E-state index contributed by atoms with van der Waals surface area (Å²) in [6.45, 7) is 0. The molecule has 9 aromatic rings. The van der Waals surface area contributed by atoms with Crippen molar-refractivity contribution in [3.05, 3.63) is 211 Å². The molecule has 0 atom stereocenters. The van der Waals surface area contributed by atoms with Crippen LogP contribution in [0.25, 0.3) is 70.4 Å². The number of nitrogens with one attached hydrogen (secondary N) is 1. The smallest absolute Gasteiger partial charge is 0.152 e. The van der Waals surface area contributed by atoms with Crippen molar-refractivity contribution in [1.82, 2.24) is 0 Å². The van der Waals surface area contributed by atoms with Gasteiger partial charge in [-0.3, -0.25) is 5.41 Å². The molecule has 0 unspecified atom stereocenters. The maximum absolute atomic E-state index is 9.10. The molecule has 250 valence electrons. The lowest BCUT2D eigenvalue weighted by Crippen LogP contribution is -2.04. The third-order valence-corrected chi connectivity index (χ3v) is 10.9. The van der Waals surface area contributed by atoms with Crippen LogP contribution in [0.4, 0.5) is 0 Å². The Morgan fingerprint density at radius 1 is 0.453 bits per heavy atom. The summed E-state index contributed by atoms with van der Waals surface area (Å²) in [5, 5.41) is 14.0. The van der Waals surface area contributed by atoms with Crippen molar-refractivity contribution in [2.45, 2.75) is 0 Å². The summed E-state index contributed by atoms with van der Waals surface area (Å²) in [7, 11) is 0. The fourth-order valence-electron chi connectivity index (χ4n) is 7.24. The molecule has 0 bridgehead atoms. The Morgan fingerprint density at radius 2 is 1.02 bits per heavy atom. The van der Waals surface area contributed by atoms with Crippen molar-refractivity contribution in [3.8, 4) is 33.4 Å². The number of hydrogen-bond donors (Lipinski definition) is 1. The lowest BCUT2D eigenvalue weighted by atomic mass is 9.88. The van der Waals surface area contributed by atoms with Crippen LogP contribution in [0.1, 0.15) is 16.7 Å². The van der Waals surface area contributed by atoms with Crippen LogP contribution in [-0.2, 0) is 0 Å². The summed E-state index contributed by atoms with van der Waals surface area (Å²) < 4.78 is 2.54. The van der Waals surface area contributed by atoms with Crippen LogP contribution >= 0.6 is 11.3 Å². The average molecular weight is 695 g/mol. The molecule has 9 rings (SSSR count). The molecule has 2 nitrogen and oxygen atoms in total. The van der Waals surface area contributed by atoms with Crippen LogP contribution in [-0.4, -0.2) is 11.5 Å². The number of allylic oxidation sites excluding steroid dienone is 1. The maximum Gasteiger partial charge on any atom is 0.152 e. The highest BCUT2D eigenvalue weighted by Gasteiger charge is 2.17. The van der Waals surface area contributed by atoms with Crippen molar-refractivity contribution >= 4 is 59.9 Å². The van der Waals surface area contributed by atoms with Gasteiger partial charge in [0.2, 0.25) is 0 Å². The van der Waals surface area contributed by atoms with Gasteiger partial charge < -0.3 is 0 Å². The third-order valence-electron chi connectivity index (χ3n) is 9.77. The number of benzene rings is 8. The summed E-state index contributed by atoms with van der Waals surface area (Å²) in [4.78, 5) is 5.04. The Balaban J connectivity index is 1.31. The molecule has 1 heterocycles. The first-order chi connectivity index (χ1) is 26.2. The van der Waals surface area contributed by atoms with Gasteiger partial charge >= 0.3 is 0 Å². The zero-order valence-electron chi connectivity index (χ0n) is 28.9. The van der Waals surface area contributed by atoms with Crippen molar-refractivity contribution in [3.63, 3.8) is 0 Å². The zero-order valence-corrected chi connectivity index (χ0v) is 29.7. The number of hydrogen-bond acceptors (Lipinski definition) is 2. The molecule has 0 aliphatic rings. The first kappa shape index (κ1) is 32.2. The monoisotopic (exact) mass is 694 g/mol. The minimum absolute atomic E-state index is 0.217. The Morgan fingerprint density at radius 3 is 1.74 bits per heavy atom. The predicted molar refractivity (Wildman–Crippen MR) is 228 cm³/mol. The summed E-state index contributed by atoms with van der Waals surface area (Å²) in [6.07, 6.45) is 4.13. The Bertz CT molecular complexity index is 2830. The van der Waals surface area contributed by atoms with Crippen LogP contribution in [0, 0.1) is 5.41 Å². The van der Waals surface area contributed by atoms with Gasteiger partial charge in [-0.05, 0) is 86.1 Å². The van der Waals surface area contributed by atoms with E-state index in [9.17, 15) is 0 Å². The lowest BCUT2D eigenvalue weighted by molar-refractivity contribution is 1.41. The van der Waals surface area contributed by atoms with E-state index in [1.807, 2.05) is 65.9 Å². The molecule has 0 spiro atoms. The number of amidine groups is 1. The van der Waals surface area contributed by atoms with E-state index in [2.05, 4.69) is 146 Å². The largest absolute Gasteiger partial charge is 0.282 e. The molecular weight excluding hydrogens is 661 g/mol. The molecule has 0 saturated heterocycles. The normalized spacial score (nSPS) is 11.9. The first-order valence-electron chi connectivity index (χ1n) is 17.8. The number of rotatable bonds is 7. The van der Waals surface area contributed by atoms with E-state index in [-0.39, 0.29) is 5.84 Å². The molecule has 8 aromatic carbocycles. The molecule has 0 aliphatic heterocycles. The van der Waals surface area contributed by atoms with Crippen LogP contribution in [0.15, 0.2) is 199 Å². The molecule has 0 fully saturated rings. The molecule has 1 aromatic heterocycles. The molecule has 1 N–H and O–H groups in total. The summed E-state index contributed by atoms with van der Waals surface area (Å²) in [5.74, 6) is 0.217. The van der Waals surface area contributed by atoms with Gasteiger partial charge in [-0.1, -0.05) is 164 Å². The molecule has 0 amide bonds. The van der Waals surface area contributed by atoms with Gasteiger partial charge in [0.15, 0.2) is 5.84 Å². The molecule has 0 aliphatic carbocycles. The molecule has 0 radical (unpaired) electrons. The van der Waals surface area contributed by atoms with Crippen LogP contribution < -0.4 is 0 Å². The van der Waals surface area contributed by atoms with Crippen molar-refractivity contribution in [1.29, 1.82) is 5.41 Å². The maximum atomic E-state index is 9.10. The van der Waals surface area contributed by atoms with Gasteiger partial charge in [0.1, 0.15) is 0 Å². The minimum Gasteiger partial charge on any atom is -0.282 e. The average Bonchev–Trinajstić information content (AvgIpc) is 3.62. The SMILES string of the molecule is N=C(N=C(/C=C/c1ccccc1)c1cc(-c2ccc(-c3ccccc3)c3ccccc23)cc(-c2cccc3sc4ccccc4c23)c1)c1ccccc1. The quantitative estimate of drug-likeness (QED) is 0.127. The third kappa shape index (κ3) is 6.40. The second kappa shape index (κ2) is 14.1. The minimum atomic E-state index is 0.217. The van der Waals surface area contributed by atoms with E-state index in [1.54, 1.807) is 0 Å². The molecule has 53 heavy (non-hydrogen) atoms. The van der Waals surface area contributed by atoms with E-state index in [4.69, 9.17) is 10.4 Å². The topological polar surface area (TPSA) is 36.2 Å². The van der Waals surface area contributed by atoms with E-state index in [1.165, 1.54) is 47.6 Å². The van der Waals surface area contributed by atoms with Gasteiger partial charge in [-0.15, -0.1) is 11.3 Å². The highest BCUT2D eigenvalue weighted by atomic mass is 32.1. The fourth-order valence-corrected chi connectivity index (χ4v) is 8.37. The van der Waals surface area contributed by atoms with Crippen molar-refractivity contribution in [2.75, 3.05) is 0 Å². The van der Waals surface area contributed by atoms with Crippen molar-refractivity contribution in [2.24, 2.45) is 4.99 Å².